The van der Waals surface area contributed by atoms with E-state index in [9.17, 15) is 9.90 Å². The third-order valence-corrected chi connectivity index (χ3v) is 1.82. The summed E-state index contributed by atoms with van der Waals surface area (Å²) in [5.41, 5.74) is -0.286. The number of hydrogen-bond donors (Lipinski definition) is 2. The smallest absolute Gasteiger partial charge is 0.360 e. The van der Waals surface area contributed by atoms with Gasteiger partial charge in [0.2, 0.25) is 11.6 Å². The Morgan fingerprint density at radius 3 is 2.31 bits per heavy atom. The monoisotopic (exact) mass is 184 g/mol. The SMILES string of the molecule is CC(C)c1nc(C(=O)O)c(O)n1C. The average Bonchev–Trinajstić information content (AvgIpc) is 2.29. The summed E-state index contributed by atoms with van der Waals surface area (Å²) in [6.45, 7) is 3.76. The van der Waals surface area contributed by atoms with Crippen LogP contribution in [0.25, 0.3) is 0 Å². The molecular weight excluding hydrogens is 172 g/mol. The number of carboxylic acids is 1. The standard InChI is InChI=1S/C8H12N2O3/c1-4(2)6-9-5(8(12)13)7(11)10(6)3/h4,11H,1-3H3,(H,12,13). The van der Waals surface area contributed by atoms with Crippen LogP contribution in [0.4, 0.5) is 0 Å². The molecule has 0 amide bonds. The zero-order valence-corrected chi connectivity index (χ0v) is 7.77. The Balaban J connectivity index is 3.28. The van der Waals surface area contributed by atoms with Crippen LogP contribution >= 0.6 is 0 Å². The summed E-state index contributed by atoms with van der Waals surface area (Å²) in [6, 6.07) is 0. The molecule has 72 valence electrons. The molecule has 0 fully saturated rings. The molecular formula is C8H12N2O3. The van der Waals surface area contributed by atoms with Crippen molar-refractivity contribution in [1.82, 2.24) is 9.55 Å². The normalized spacial score (nSPS) is 10.8. The third-order valence-electron chi connectivity index (χ3n) is 1.82. The van der Waals surface area contributed by atoms with E-state index in [-0.39, 0.29) is 17.5 Å². The van der Waals surface area contributed by atoms with Crippen LogP contribution in [0, 0.1) is 0 Å². The number of carbonyl (C=O) groups is 1. The van der Waals surface area contributed by atoms with Crippen LogP contribution in [0.15, 0.2) is 0 Å². The Bertz CT molecular complexity index is 341. The van der Waals surface area contributed by atoms with Crippen molar-refractivity contribution in [3.05, 3.63) is 11.5 Å². The number of aromatic nitrogens is 2. The predicted molar refractivity (Wildman–Crippen MR) is 45.9 cm³/mol. The van der Waals surface area contributed by atoms with Crippen molar-refractivity contribution < 1.29 is 15.0 Å². The molecule has 5 nitrogen and oxygen atoms in total. The first-order valence-electron chi connectivity index (χ1n) is 3.94. The number of rotatable bonds is 2. The third kappa shape index (κ3) is 1.49. The Kier molecular flexibility index (Phi) is 2.27. The van der Waals surface area contributed by atoms with E-state index in [0.717, 1.165) is 0 Å². The van der Waals surface area contributed by atoms with Crippen LogP contribution in [-0.2, 0) is 7.05 Å². The van der Waals surface area contributed by atoms with Gasteiger partial charge in [0.15, 0.2) is 0 Å². The molecule has 0 aliphatic rings. The lowest BCUT2D eigenvalue weighted by Crippen LogP contribution is -1.99. The molecule has 0 saturated carbocycles. The van der Waals surface area contributed by atoms with E-state index >= 15 is 0 Å². The van der Waals surface area contributed by atoms with Gasteiger partial charge in [-0.2, -0.15) is 0 Å². The van der Waals surface area contributed by atoms with Crippen LogP contribution in [-0.4, -0.2) is 25.7 Å². The fourth-order valence-corrected chi connectivity index (χ4v) is 1.17. The largest absolute Gasteiger partial charge is 0.493 e. The molecule has 2 N–H and O–H groups in total. The Morgan fingerprint density at radius 1 is 1.54 bits per heavy atom. The van der Waals surface area contributed by atoms with Gasteiger partial charge in [-0.1, -0.05) is 13.8 Å². The van der Waals surface area contributed by atoms with E-state index < -0.39 is 5.97 Å². The molecule has 5 heteroatoms. The summed E-state index contributed by atoms with van der Waals surface area (Å²) in [5.74, 6) is -0.852. The maximum atomic E-state index is 10.6. The minimum absolute atomic E-state index is 0.0870. The molecule has 0 bridgehead atoms. The van der Waals surface area contributed by atoms with Crippen molar-refractivity contribution in [3.8, 4) is 5.88 Å². The first kappa shape index (κ1) is 9.57. The van der Waals surface area contributed by atoms with Crippen molar-refractivity contribution in [2.24, 2.45) is 7.05 Å². The Labute approximate surface area is 75.6 Å². The van der Waals surface area contributed by atoms with Gasteiger partial charge in [0.25, 0.3) is 0 Å². The predicted octanol–water partition coefficient (Wildman–Crippen LogP) is 0.947. The highest BCUT2D eigenvalue weighted by Gasteiger charge is 2.20. The summed E-state index contributed by atoms with van der Waals surface area (Å²) in [7, 11) is 1.59. The second-order valence-electron chi connectivity index (χ2n) is 3.16. The lowest BCUT2D eigenvalue weighted by molar-refractivity contribution is 0.0687. The van der Waals surface area contributed by atoms with Crippen molar-refractivity contribution in [3.63, 3.8) is 0 Å². The number of hydrogen-bond acceptors (Lipinski definition) is 3. The maximum Gasteiger partial charge on any atom is 0.360 e. The second-order valence-corrected chi connectivity index (χ2v) is 3.16. The lowest BCUT2D eigenvalue weighted by Gasteiger charge is -2.03. The zero-order valence-electron chi connectivity index (χ0n) is 7.77. The van der Waals surface area contributed by atoms with Gasteiger partial charge in [0, 0.05) is 13.0 Å². The Hall–Kier alpha value is -1.52. The minimum Gasteiger partial charge on any atom is -0.493 e. The Morgan fingerprint density at radius 2 is 2.08 bits per heavy atom. The van der Waals surface area contributed by atoms with E-state index in [2.05, 4.69) is 4.98 Å². The van der Waals surface area contributed by atoms with Gasteiger partial charge in [0.1, 0.15) is 5.82 Å². The molecule has 0 aromatic carbocycles. The van der Waals surface area contributed by atoms with Crippen molar-refractivity contribution >= 4 is 5.97 Å². The van der Waals surface area contributed by atoms with Crippen LogP contribution in [0.1, 0.15) is 36.1 Å². The van der Waals surface area contributed by atoms with Gasteiger partial charge < -0.3 is 14.8 Å². The number of aromatic carboxylic acids is 1. The molecule has 0 atom stereocenters. The van der Waals surface area contributed by atoms with E-state index in [0.29, 0.717) is 5.82 Å². The first-order chi connectivity index (χ1) is 5.95. The fourth-order valence-electron chi connectivity index (χ4n) is 1.17. The van der Waals surface area contributed by atoms with Crippen molar-refractivity contribution in [2.45, 2.75) is 19.8 Å². The molecule has 0 aliphatic heterocycles. The summed E-state index contributed by atoms with van der Waals surface area (Å²) in [5, 5.41) is 18.0. The summed E-state index contributed by atoms with van der Waals surface area (Å²) in [4.78, 5) is 14.4. The molecule has 1 rings (SSSR count). The van der Waals surface area contributed by atoms with Gasteiger partial charge in [0.05, 0.1) is 0 Å². The summed E-state index contributed by atoms with van der Waals surface area (Å²) >= 11 is 0. The highest BCUT2D eigenvalue weighted by Crippen LogP contribution is 2.22. The number of nitrogens with zero attached hydrogens (tertiary/aromatic N) is 2. The maximum absolute atomic E-state index is 10.6. The van der Waals surface area contributed by atoms with Gasteiger partial charge in [-0.25, -0.2) is 9.78 Å². The van der Waals surface area contributed by atoms with Gasteiger partial charge in [-0.3, -0.25) is 0 Å². The molecule has 0 saturated heterocycles. The molecule has 1 aromatic heterocycles. The topological polar surface area (TPSA) is 75.3 Å². The number of carboxylic acid groups (broad SMARTS) is 1. The molecule has 1 heterocycles. The van der Waals surface area contributed by atoms with Crippen LogP contribution < -0.4 is 0 Å². The van der Waals surface area contributed by atoms with Gasteiger partial charge in [-0.15, -0.1) is 0 Å². The summed E-state index contributed by atoms with van der Waals surface area (Å²) in [6.07, 6.45) is 0. The molecule has 0 unspecified atom stereocenters. The number of imidazole rings is 1. The number of aromatic hydroxyl groups is 1. The molecule has 0 spiro atoms. The summed E-state index contributed by atoms with van der Waals surface area (Å²) < 4.78 is 1.38. The molecule has 1 aromatic rings. The van der Waals surface area contributed by atoms with E-state index in [1.165, 1.54) is 4.57 Å². The molecule has 0 radical (unpaired) electrons. The van der Waals surface area contributed by atoms with Crippen LogP contribution in [0.5, 0.6) is 5.88 Å². The van der Waals surface area contributed by atoms with Crippen molar-refractivity contribution in [1.29, 1.82) is 0 Å². The van der Waals surface area contributed by atoms with Crippen LogP contribution in [0.2, 0.25) is 0 Å². The lowest BCUT2D eigenvalue weighted by atomic mass is 10.2. The van der Waals surface area contributed by atoms with E-state index in [1.54, 1.807) is 7.05 Å². The zero-order chi connectivity index (χ0) is 10.2. The first-order valence-corrected chi connectivity index (χ1v) is 3.94. The van der Waals surface area contributed by atoms with E-state index in [1.807, 2.05) is 13.8 Å². The van der Waals surface area contributed by atoms with E-state index in [4.69, 9.17) is 5.11 Å². The fraction of sp³-hybridized carbons (Fsp3) is 0.500. The minimum atomic E-state index is -1.21. The van der Waals surface area contributed by atoms with Crippen LogP contribution in [0.3, 0.4) is 0 Å². The highest BCUT2D eigenvalue weighted by molar-refractivity contribution is 5.88. The second kappa shape index (κ2) is 3.08. The molecule has 0 aliphatic carbocycles. The molecule has 13 heavy (non-hydrogen) atoms. The highest BCUT2D eigenvalue weighted by atomic mass is 16.4. The van der Waals surface area contributed by atoms with Crippen molar-refractivity contribution in [2.75, 3.05) is 0 Å². The average molecular weight is 184 g/mol. The van der Waals surface area contributed by atoms with Gasteiger partial charge in [-0.05, 0) is 0 Å². The quantitative estimate of drug-likeness (QED) is 0.717. The van der Waals surface area contributed by atoms with Gasteiger partial charge >= 0.3 is 5.97 Å².